The molecule has 1 atom stereocenters. The van der Waals surface area contributed by atoms with Gasteiger partial charge in [-0.25, -0.2) is 4.98 Å². The minimum absolute atomic E-state index is 0.0675. The Morgan fingerprint density at radius 3 is 2.40 bits per heavy atom. The van der Waals surface area contributed by atoms with E-state index in [1.54, 1.807) is 31.5 Å². The van der Waals surface area contributed by atoms with Crippen LogP contribution in [0.4, 0.5) is 5.69 Å². The minimum Gasteiger partial charge on any atom is -0.503 e. The molecular weight excluding hydrogens is 398 g/mol. The van der Waals surface area contributed by atoms with E-state index < -0.39 is 17.7 Å². The Morgan fingerprint density at radius 2 is 1.80 bits per heavy atom. The summed E-state index contributed by atoms with van der Waals surface area (Å²) in [5, 5.41) is 11.6. The molecule has 1 unspecified atom stereocenters. The molecular formula is C23H21N3O3S. The highest BCUT2D eigenvalue weighted by Crippen LogP contribution is 2.43. The lowest BCUT2D eigenvalue weighted by Gasteiger charge is -2.28. The molecule has 0 bridgehead atoms. The number of rotatable bonds is 4. The Kier molecular flexibility index (Phi) is 4.99. The van der Waals surface area contributed by atoms with E-state index in [1.165, 1.54) is 16.2 Å². The molecule has 1 N–H and O–H groups in total. The summed E-state index contributed by atoms with van der Waals surface area (Å²) in [5.74, 6) is -1.49. The highest BCUT2D eigenvalue weighted by Gasteiger charge is 2.45. The zero-order valence-electron chi connectivity index (χ0n) is 17.1. The molecule has 0 aliphatic carbocycles. The van der Waals surface area contributed by atoms with E-state index in [1.807, 2.05) is 39.0 Å². The lowest BCUT2D eigenvalue weighted by Crippen LogP contribution is -2.31. The number of pyridine rings is 1. The molecule has 3 aromatic rings. The third-order valence-electron chi connectivity index (χ3n) is 5.20. The van der Waals surface area contributed by atoms with Crippen molar-refractivity contribution in [2.75, 3.05) is 4.90 Å². The van der Waals surface area contributed by atoms with Gasteiger partial charge in [-0.05, 0) is 57.0 Å². The molecule has 30 heavy (non-hydrogen) atoms. The summed E-state index contributed by atoms with van der Waals surface area (Å²) in [4.78, 5) is 37.0. The van der Waals surface area contributed by atoms with Crippen molar-refractivity contribution >= 4 is 28.7 Å². The number of aryl methyl sites for hydroxylation is 4. The van der Waals surface area contributed by atoms with Gasteiger partial charge in [0.05, 0.1) is 27.2 Å². The van der Waals surface area contributed by atoms with Crippen LogP contribution in [0.3, 0.4) is 0 Å². The smallest absolute Gasteiger partial charge is 0.294 e. The van der Waals surface area contributed by atoms with Gasteiger partial charge in [0.15, 0.2) is 5.76 Å². The van der Waals surface area contributed by atoms with E-state index in [2.05, 4.69) is 9.97 Å². The Morgan fingerprint density at radius 1 is 1.10 bits per heavy atom. The summed E-state index contributed by atoms with van der Waals surface area (Å²) in [5.41, 5.74) is 3.96. The van der Waals surface area contributed by atoms with E-state index in [-0.39, 0.29) is 11.4 Å². The van der Waals surface area contributed by atoms with Gasteiger partial charge in [0.2, 0.25) is 5.78 Å². The summed E-state index contributed by atoms with van der Waals surface area (Å²) in [6.45, 7) is 7.47. The van der Waals surface area contributed by atoms with Crippen LogP contribution < -0.4 is 4.90 Å². The number of Topliss-reactive ketones (excluding diaryl/α,β-unsaturated/α-hetero) is 1. The van der Waals surface area contributed by atoms with Crippen LogP contribution in [0.1, 0.15) is 43.1 Å². The molecule has 1 aromatic carbocycles. The quantitative estimate of drug-likeness (QED) is 0.627. The number of amides is 1. The van der Waals surface area contributed by atoms with Crippen LogP contribution in [0, 0.1) is 27.7 Å². The lowest BCUT2D eigenvalue weighted by molar-refractivity contribution is -0.117. The van der Waals surface area contributed by atoms with E-state index >= 15 is 0 Å². The second-order valence-electron chi connectivity index (χ2n) is 7.39. The number of hydrogen-bond acceptors (Lipinski definition) is 6. The SMILES string of the molecule is Cc1ccc(N2C(=O)C(O)=C(C(=O)c3sc(C)nc3C)C2c2ccncc2)c(C)c1. The van der Waals surface area contributed by atoms with Gasteiger partial charge >= 0.3 is 0 Å². The monoisotopic (exact) mass is 419 g/mol. The van der Waals surface area contributed by atoms with Gasteiger partial charge in [-0.15, -0.1) is 11.3 Å². The highest BCUT2D eigenvalue weighted by atomic mass is 32.1. The molecule has 0 radical (unpaired) electrons. The number of benzene rings is 1. The number of thiazole rings is 1. The Hall–Kier alpha value is -3.32. The second kappa shape index (κ2) is 7.50. The van der Waals surface area contributed by atoms with Gasteiger partial charge in [0, 0.05) is 18.1 Å². The third-order valence-corrected chi connectivity index (χ3v) is 6.27. The van der Waals surface area contributed by atoms with Crippen LogP contribution in [0.2, 0.25) is 0 Å². The molecule has 1 aliphatic heterocycles. The maximum atomic E-state index is 13.5. The average Bonchev–Trinajstić information content (AvgIpc) is 3.18. The second-order valence-corrected chi connectivity index (χ2v) is 8.59. The Bertz CT molecular complexity index is 1200. The highest BCUT2D eigenvalue weighted by molar-refractivity contribution is 7.14. The number of carbonyl (C=O) groups is 2. The third kappa shape index (κ3) is 3.21. The van der Waals surface area contributed by atoms with Gasteiger partial charge < -0.3 is 5.11 Å². The first-order valence-electron chi connectivity index (χ1n) is 9.52. The summed E-state index contributed by atoms with van der Waals surface area (Å²) < 4.78 is 0. The van der Waals surface area contributed by atoms with Crippen molar-refractivity contribution in [1.29, 1.82) is 0 Å². The zero-order chi connectivity index (χ0) is 21.6. The van der Waals surface area contributed by atoms with Crippen LogP contribution in [-0.2, 0) is 4.79 Å². The zero-order valence-corrected chi connectivity index (χ0v) is 17.9. The molecule has 1 aliphatic rings. The van der Waals surface area contributed by atoms with Gasteiger partial charge in [0.1, 0.15) is 0 Å². The number of aliphatic hydroxyl groups is 1. The molecule has 0 saturated carbocycles. The first-order chi connectivity index (χ1) is 14.3. The molecule has 2 aromatic heterocycles. The maximum Gasteiger partial charge on any atom is 0.294 e. The summed E-state index contributed by atoms with van der Waals surface area (Å²) >= 11 is 1.26. The van der Waals surface area contributed by atoms with Gasteiger partial charge in [-0.3, -0.25) is 19.5 Å². The van der Waals surface area contributed by atoms with E-state index in [9.17, 15) is 14.7 Å². The van der Waals surface area contributed by atoms with E-state index in [0.717, 1.165) is 16.1 Å². The molecule has 152 valence electrons. The number of hydrogen-bond donors (Lipinski definition) is 1. The van der Waals surface area contributed by atoms with Crippen molar-refractivity contribution in [1.82, 2.24) is 9.97 Å². The van der Waals surface area contributed by atoms with Crippen molar-refractivity contribution in [2.24, 2.45) is 0 Å². The van der Waals surface area contributed by atoms with Crippen LogP contribution in [0.25, 0.3) is 0 Å². The number of aromatic nitrogens is 2. The van der Waals surface area contributed by atoms with Gasteiger partial charge in [0.25, 0.3) is 5.91 Å². The molecule has 0 fully saturated rings. The number of aliphatic hydroxyl groups excluding tert-OH is 1. The van der Waals surface area contributed by atoms with E-state index in [4.69, 9.17) is 0 Å². The first kappa shape index (κ1) is 20.0. The fourth-order valence-electron chi connectivity index (χ4n) is 3.89. The predicted octanol–water partition coefficient (Wildman–Crippen LogP) is 4.55. The van der Waals surface area contributed by atoms with Gasteiger partial charge in [-0.2, -0.15) is 0 Å². The van der Waals surface area contributed by atoms with Crippen LogP contribution >= 0.6 is 11.3 Å². The fourth-order valence-corrected chi connectivity index (χ4v) is 4.76. The molecule has 0 saturated heterocycles. The largest absolute Gasteiger partial charge is 0.503 e. The minimum atomic E-state index is -0.754. The summed E-state index contributed by atoms with van der Waals surface area (Å²) in [7, 11) is 0. The maximum absolute atomic E-state index is 13.5. The molecule has 4 rings (SSSR count). The molecule has 1 amide bonds. The van der Waals surface area contributed by atoms with Crippen molar-refractivity contribution in [3.8, 4) is 0 Å². The Balaban J connectivity index is 1.91. The van der Waals surface area contributed by atoms with Crippen LogP contribution in [0.15, 0.2) is 54.1 Å². The number of anilines is 1. The standard InChI is InChI=1S/C23H21N3O3S/c1-12-5-6-17(13(2)11-12)26-19(16-7-9-24-10-8-16)18(21(28)23(26)29)20(27)22-14(3)25-15(4)30-22/h5-11,19,28H,1-4H3. The predicted molar refractivity (Wildman–Crippen MR) is 116 cm³/mol. The molecule has 7 heteroatoms. The first-order valence-corrected chi connectivity index (χ1v) is 10.3. The topological polar surface area (TPSA) is 83.4 Å². The molecule has 0 spiro atoms. The fraction of sp³-hybridized carbons (Fsp3) is 0.217. The normalized spacial score (nSPS) is 16.5. The number of carbonyl (C=O) groups excluding carboxylic acids is 2. The van der Waals surface area contributed by atoms with Crippen LogP contribution in [0.5, 0.6) is 0 Å². The lowest BCUT2D eigenvalue weighted by atomic mass is 9.95. The summed E-state index contributed by atoms with van der Waals surface area (Å²) in [6, 6.07) is 8.48. The number of ketones is 1. The van der Waals surface area contributed by atoms with Crippen LogP contribution in [-0.4, -0.2) is 26.8 Å². The van der Waals surface area contributed by atoms with E-state index in [0.29, 0.717) is 21.8 Å². The average molecular weight is 420 g/mol. The Labute approximate surface area is 178 Å². The van der Waals surface area contributed by atoms with Crippen molar-refractivity contribution in [3.05, 3.63) is 86.3 Å². The van der Waals surface area contributed by atoms with Crippen molar-refractivity contribution < 1.29 is 14.7 Å². The molecule has 6 nitrogen and oxygen atoms in total. The molecule has 3 heterocycles. The summed E-state index contributed by atoms with van der Waals surface area (Å²) in [6.07, 6.45) is 3.22. The number of nitrogens with zero attached hydrogens (tertiary/aromatic N) is 3. The van der Waals surface area contributed by atoms with Gasteiger partial charge in [-0.1, -0.05) is 17.7 Å². The van der Waals surface area contributed by atoms with Crippen molar-refractivity contribution in [3.63, 3.8) is 0 Å². The van der Waals surface area contributed by atoms with Crippen molar-refractivity contribution in [2.45, 2.75) is 33.7 Å².